The third kappa shape index (κ3) is 3.14. The molecule has 0 aromatic carbocycles. The maximum atomic E-state index is 5.96. The number of aryl methyl sites for hydroxylation is 1. The smallest absolute Gasteiger partial charge is 0.167 e. The molecule has 0 saturated heterocycles. The van der Waals surface area contributed by atoms with E-state index >= 15 is 0 Å². The van der Waals surface area contributed by atoms with Gasteiger partial charge in [-0.3, -0.25) is 4.68 Å². The first-order valence-electron chi connectivity index (χ1n) is 4.49. The van der Waals surface area contributed by atoms with Gasteiger partial charge in [0, 0.05) is 7.05 Å². The zero-order chi connectivity index (χ0) is 10.1. The fourth-order valence-corrected chi connectivity index (χ4v) is 1.28. The highest BCUT2D eigenvalue weighted by atomic mass is 15.3. The lowest BCUT2D eigenvalue weighted by atomic mass is 9.88. The van der Waals surface area contributed by atoms with Gasteiger partial charge in [-0.2, -0.15) is 5.10 Å². The van der Waals surface area contributed by atoms with Gasteiger partial charge < -0.3 is 5.73 Å². The molecule has 1 heterocycles. The van der Waals surface area contributed by atoms with Crippen molar-refractivity contribution in [1.29, 1.82) is 0 Å². The van der Waals surface area contributed by atoms with Crippen molar-refractivity contribution in [2.24, 2.45) is 18.2 Å². The molecule has 0 aliphatic rings. The summed E-state index contributed by atoms with van der Waals surface area (Å²) in [6.45, 7) is 6.49. The van der Waals surface area contributed by atoms with Crippen LogP contribution in [-0.4, -0.2) is 14.8 Å². The molecule has 0 saturated carbocycles. The molecule has 1 aromatic heterocycles. The highest BCUT2D eigenvalue weighted by Gasteiger charge is 2.19. The average molecular weight is 182 g/mol. The minimum atomic E-state index is -0.0544. The summed E-state index contributed by atoms with van der Waals surface area (Å²) in [5.41, 5.74) is 6.18. The van der Waals surface area contributed by atoms with Crippen LogP contribution < -0.4 is 5.73 Å². The molecule has 0 fully saturated rings. The fraction of sp³-hybridized carbons (Fsp3) is 0.778. The Kier molecular flexibility index (Phi) is 2.71. The van der Waals surface area contributed by atoms with Gasteiger partial charge in [0.2, 0.25) is 0 Å². The van der Waals surface area contributed by atoms with Crippen molar-refractivity contribution in [2.45, 2.75) is 33.2 Å². The van der Waals surface area contributed by atoms with Crippen LogP contribution in [0.25, 0.3) is 0 Å². The summed E-state index contributed by atoms with van der Waals surface area (Å²) < 4.78 is 1.68. The third-order valence-corrected chi connectivity index (χ3v) is 1.78. The minimum Gasteiger partial charge on any atom is -0.321 e. The first kappa shape index (κ1) is 10.2. The van der Waals surface area contributed by atoms with Gasteiger partial charge in [-0.25, -0.2) is 4.98 Å². The first-order chi connectivity index (χ1) is 5.88. The van der Waals surface area contributed by atoms with Gasteiger partial charge in [-0.05, 0) is 11.8 Å². The highest BCUT2D eigenvalue weighted by Crippen LogP contribution is 2.25. The molecular formula is C9H18N4. The lowest BCUT2D eigenvalue weighted by Gasteiger charge is -2.21. The molecule has 0 radical (unpaired) electrons. The van der Waals surface area contributed by atoms with E-state index in [2.05, 4.69) is 30.9 Å². The van der Waals surface area contributed by atoms with Crippen LogP contribution in [0, 0.1) is 5.41 Å². The predicted molar refractivity (Wildman–Crippen MR) is 52.0 cm³/mol. The molecule has 2 N–H and O–H groups in total. The Labute approximate surface area is 79.2 Å². The molecule has 0 aliphatic carbocycles. The quantitative estimate of drug-likeness (QED) is 0.749. The maximum Gasteiger partial charge on any atom is 0.167 e. The van der Waals surface area contributed by atoms with Crippen LogP contribution in [0.3, 0.4) is 0 Å². The van der Waals surface area contributed by atoms with E-state index in [4.69, 9.17) is 5.73 Å². The van der Waals surface area contributed by atoms with Gasteiger partial charge in [0.1, 0.15) is 6.33 Å². The summed E-state index contributed by atoms with van der Waals surface area (Å²) in [7, 11) is 1.85. The van der Waals surface area contributed by atoms with Crippen LogP contribution in [0.1, 0.15) is 39.1 Å². The van der Waals surface area contributed by atoms with Crippen molar-refractivity contribution < 1.29 is 0 Å². The summed E-state index contributed by atoms with van der Waals surface area (Å²) in [6, 6.07) is -0.0544. The van der Waals surface area contributed by atoms with Crippen LogP contribution in [0.2, 0.25) is 0 Å². The number of hydrogen-bond acceptors (Lipinski definition) is 3. The number of nitrogens with two attached hydrogens (primary N) is 1. The van der Waals surface area contributed by atoms with Crippen molar-refractivity contribution in [3.8, 4) is 0 Å². The molecule has 0 spiro atoms. The van der Waals surface area contributed by atoms with Crippen LogP contribution in [0.15, 0.2) is 6.33 Å². The third-order valence-electron chi connectivity index (χ3n) is 1.78. The summed E-state index contributed by atoms with van der Waals surface area (Å²) in [5.74, 6) is 0.734. The summed E-state index contributed by atoms with van der Waals surface area (Å²) in [4.78, 5) is 4.13. The molecule has 4 nitrogen and oxygen atoms in total. The number of aromatic nitrogens is 3. The van der Waals surface area contributed by atoms with Gasteiger partial charge in [0.05, 0.1) is 6.04 Å². The molecule has 1 aromatic rings. The van der Waals surface area contributed by atoms with Gasteiger partial charge in [-0.15, -0.1) is 0 Å². The van der Waals surface area contributed by atoms with Gasteiger partial charge in [0.15, 0.2) is 5.82 Å². The second-order valence-electron chi connectivity index (χ2n) is 4.65. The summed E-state index contributed by atoms with van der Waals surface area (Å²) in [5, 5.41) is 4.18. The average Bonchev–Trinajstić information content (AvgIpc) is 2.31. The molecule has 0 bridgehead atoms. The van der Waals surface area contributed by atoms with E-state index in [-0.39, 0.29) is 11.5 Å². The predicted octanol–water partition coefficient (Wildman–Crippen LogP) is 1.25. The van der Waals surface area contributed by atoms with E-state index in [9.17, 15) is 0 Å². The second kappa shape index (κ2) is 3.46. The Morgan fingerprint density at radius 2 is 2.15 bits per heavy atom. The largest absolute Gasteiger partial charge is 0.321 e. The van der Waals surface area contributed by atoms with Crippen LogP contribution >= 0.6 is 0 Å². The van der Waals surface area contributed by atoms with Crippen molar-refractivity contribution in [3.63, 3.8) is 0 Å². The molecule has 1 atom stereocenters. The lowest BCUT2D eigenvalue weighted by molar-refractivity contribution is 0.336. The molecule has 1 rings (SSSR count). The highest BCUT2D eigenvalue weighted by molar-refractivity contribution is 4.91. The SMILES string of the molecule is Cn1cnc(C(N)CC(C)(C)C)n1. The summed E-state index contributed by atoms with van der Waals surface area (Å²) >= 11 is 0. The number of hydrogen-bond donors (Lipinski definition) is 1. The molecule has 4 heteroatoms. The van der Waals surface area contributed by atoms with Gasteiger partial charge >= 0.3 is 0 Å². The van der Waals surface area contributed by atoms with E-state index in [1.165, 1.54) is 0 Å². The van der Waals surface area contributed by atoms with Crippen molar-refractivity contribution in [2.75, 3.05) is 0 Å². The second-order valence-corrected chi connectivity index (χ2v) is 4.65. The number of nitrogens with zero attached hydrogens (tertiary/aromatic N) is 3. The van der Waals surface area contributed by atoms with Crippen LogP contribution in [-0.2, 0) is 7.05 Å². The normalized spacial score (nSPS) is 14.5. The van der Waals surface area contributed by atoms with E-state index in [1.54, 1.807) is 11.0 Å². The van der Waals surface area contributed by atoms with E-state index in [0.29, 0.717) is 0 Å². The van der Waals surface area contributed by atoms with Crippen molar-refractivity contribution >= 4 is 0 Å². The van der Waals surface area contributed by atoms with Gasteiger partial charge in [-0.1, -0.05) is 20.8 Å². The molecule has 13 heavy (non-hydrogen) atoms. The molecular weight excluding hydrogens is 164 g/mol. The zero-order valence-corrected chi connectivity index (χ0v) is 8.78. The fourth-order valence-electron chi connectivity index (χ4n) is 1.28. The molecule has 74 valence electrons. The molecule has 0 amide bonds. The van der Waals surface area contributed by atoms with E-state index in [0.717, 1.165) is 12.2 Å². The summed E-state index contributed by atoms with van der Waals surface area (Å²) in [6.07, 6.45) is 2.58. The Balaban J connectivity index is 2.64. The van der Waals surface area contributed by atoms with Crippen molar-refractivity contribution in [1.82, 2.24) is 14.8 Å². The van der Waals surface area contributed by atoms with E-state index in [1.807, 2.05) is 7.05 Å². The van der Waals surface area contributed by atoms with Crippen LogP contribution in [0.5, 0.6) is 0 Å². The first-order valence-corrected chi connectivity index (χ1v) is 4.49. The lowest BCUT2D eigenvalue weighted by Crippen LogP contribution is -2.20. The zero-order valence-electron chi connectivity index (χ0n) is 8.78. The Morgan fingerprint density at radius 3 is 2.54 bits per heavy atom. The molecule has 0 aliphatic heterocycles. The monoisotopic (exact) mass is 182 g/mol. The molecule has 1 unspecified atom stereocenters. The Morgan fingerprint density at radius 1 is 1.54 bits per heavy atom. The van der Waals surface area contributed by atoms with Crippen LogP contribution in [0.4, 0.5) is 0 Å². The Hall–Kier alpha value is -0.900. The number of rotatable bonds is 2. The van der Waals surface area contributed by atoms with Gasteiger partial charge in [0.25, 0.3) is 0 Å². The standard InChI is InChI=1S/C9H18N4/c1-9(2,3)5-7(10)8-11-6-13(4)12-8/h6-7H,5,10H2,1-4H3. The van der Waals surface area contributed by atoms with E-state index < -0.39 is 0 Å². The minimum absolute atomic E-state index is 0.0544. The topological polar surface area (TPSA) is 56.7 Å². The maximum absolute atomic E-state index is 5.96. The Bertz CT molecular complexity index is 271. The van der Waals surface area contributed by atoms with Crippen molar-refractivity contribution in [3.05, 3.63) is 12.2 Å².